The first-order valence-electron chi connectivity index (χ1n) is 6.27. The maximum Gasteiger partial charge on any atom is 0.240 e. The molecular weight excluding hydrogens is 226 g/mol. The smallest absolute Gasteiger partial charge is 0.240 e. The fourth-order valence-electron chi connectivity index (χ4n) is 1.76. The van der Waals surface area contributed by atoms with Crippen molar-refractivity contribution >= 4 is 16.9 Å². The average Bonchev–Trinajstić information content (AvgIpc) is 2.72. The first kappa shape index (κ1) is 12.6. The Balaban J connectivity index is 2.07. The van der Waals surface area contributed by atoms with Gasteiger partial charge in [0.15, 0.2) is 0 Å². The minimum Gasteiger partial charge on any atom is -0.352 e. The molecule has 0 aliphatic rings. The summed E-state index contributed by atoms with van der Waals surface area (Å²) < 4.78 is 1.87. The van der Waals surface area contributed by atoms with Gasteiger partial charge in [0.1, 0.15) is 6.54 Å². The lowest BCUT2D eigenvalue weighted by Crippen LogP contribution is -2.38. The van der Waals surface area contributed by atoms with Crippen molar-refractivity contribution in [2.45, 2.75) is 33.4 Å². The number of carbonyl (C=O) groups excluding carboxylic acids is 1. The quantitative estimate of drug-likeness (QED) is 0.897. The van der Waals surface area contributed by atoms with Gasteiger partial charge in [0.2, 0.25) is 5.91 Å². The van der Waals surface area contributed by atoms with E-state index in [1.165, 1.54) is 0 Å². The summed E-state index contributed by atoms with van der Waals surface area (Å²) in [6.45, 7) is 6.53. The molecule has 0 saturated heterocycles. The molecule has 1 amide bonds. The predicted molar refractivity (Wildman–Crippen MR) is 72.2 cm³/mol. The lowest BCUT2D eigenvalue weighted by Gasteiger charge is -2.17. The normalized spacial score (nSPS) is 12.9. The highest BCUT2D eigenvalue weighted by atomic mass is 16.2. The van der Waals surface area contributed by atoms with Crippen molar-refractivity contribution in [1.82, 2.24) is 14.9 Å². The van der Waals surface area contributed by atoms with Crippen molar-refractivity contribution in [2.75, 3.05) is 0 Å². The number of benzene rings is 1. The molecule has 1 aromatic carbocycles. The number of aromatic nitrogens is 2. The summed E-state index contributed by atoms with van der Waals surface area (Å²) in [5.41, 5.74) is 1.91. The Morgan fingerprint density at radius 3 is 2.78 bits per heavy atom. The zero-order valence-corrected chi connectivity index (χ0v) is 11.1. The fourth-order valence-corrected chi connectivity index (χ4v) is 1.76. The van der Waals surface area contributed by atoms with Crippen LogP contribution in [0.2, 0.25) is 0 Å². The zero-order chi connectivity index (χ0) is 13.1. The van der Waals surface area contributed by atoms with E-state index in [1.807, 2.05) is 35.8 Å². The van der Waals surface area contributed by atoms with Gasteiger partial charge in [-0.1, -0.05) is 26.0 Å². The van der Waals surface area contributed by atoms with Crippen LogP contribution in [0.1, 0.15) is 20.8 Å². The highest BCUT2D eigenvalue weighted by molar-refractivity contribution is 5.80. The van der Waals surface area contributed by atoms with E-state index >= 15 is 0 Å². The Morgan fingerprint density at radius 2 is 2.06 bits per heavy atom. The Labute approximate surface area is 107 Å². The Bertz CT molecular complexity index is 545. The number of amides is 1. The SMILES string of the molecule is CC(C)C(C)NC(=O)Cn1cnc2ccccc21. The van der Waals surface area contributed by atoms with Crippen LogP contribution in [-0.4, -0.2) is 21.5 Å². The average molecular weight is 245 g/mol. The summed E-state index contributed by atoms with van der Waals surface area (Å²) in [6, 6.07) is 8.00. The summed E-state index contributed by atoms with van der Waals surface area (Å²) >= 11 is 0. The van der Waals surface area contributed by atoms with E-state index in [0.29, 0.717) is 12.5 Å². The minimum atomic E-state index is 0.0272. The standard InChI is InChI=1S/C14H19N3O/c1-10(2)11(3)16-14(18)8-17-9-15-12-6-4-5-7-13(12)17/h4-7,9-11H,8H2,1-3H3,(H,16,18). The molecule has 2 aromatic rings. The largest absolute Gasteiger partial charge is 0.352 e. The number of nitrogens with one attached hydrogen (secondary N) is 1. The molecule has 2 rings (SSSR count). The molecule has 0 fully saturated rings. The molecule has 1 N–H and O–H groups in total. The predicted octanol–water partition coefficient (Wildman–Crippen LogP) is 2.20. The third-order valence-electron chi connectivity index (χ3n) is 3.23. The Morgan fingerprint density at radius 1 is 1.33 bits per heavy atom. The fraction of sp³-hybridized carbons (Fsp3) is 0.429. The summed E-state index contributed by atoms with van der Waals surface area (Å²) in [6.07, 6.45) is 1.71. The second-order valence-electron chi connectivity index (χ2n) is 4.96. The molecule has 18 heavy (non-hydrogen) atoms. The third kappa shape index (κ3) is 2.70. The summed E-state index contributed by atoms with van der Waals surface area (Å²) in [7, 11) is 0. The number of imidazole rings is 1. The molecule has 96 valence electrons. The number of para-hydroxylation sites is 2. The van der Waals surface area contributed by atoms with Gasteiger partial charge in [0, 0.05) is 6.04 Å². The van der Waals surface area contributed by atoms with Crippen molar-refractivity contribution in [1.29, 1.82) is 0 Å². The maximum atomic E-state index is 11.9. The molecule has 1 atom stereocenters. The third-order valence-corrected chi connectivity index (χ3v) is 3.23. The van der Waals surface area contributed by atoms with Crippen molar-refractivity contribution in [3.63, 3.8) is 0 Å². The van der Waals surface area contributed by atoms with Crippen LogP contribution in [0.5, 0.6) is 0 Å². The number of rotatable bonds is 4. The van der Waals surface area contributed by atoms with Gasteiger partial charge in [-0.25, -0.2) is 4.98 Å². The molecule has 1 unspecified atom stereocenters. The van der Waals surface area contributed by atoms with Gasteiger partial charge in [0.25, 0.3) is 0 Å². The maximum absolute atomic E-state index is 11.9. The molecular formula is C14H19N3O. The molecule has 4 heteroatoms. The number of hydrogen-bond acceptors (Lipinski definition) is 2. The van der Waals surface area contributed by atoms with Crippen LogP contribution >= 0.6 is 0 Å². The highest BCUT2D eigenvalue weighted by Crippen LogP contribution is 2.11. The lowest BCUT2D eigenvalue weighted by molar-refractivity contribution is -0.122. The molecule has 0 bridgehead atoms. The second kappa shape index (κ2) is 5.21. The molecule has 1 heterocycles. The molecule has 1 aromatic heterocycles. The first-order chi connectivity index (χ1) is 8.58. The highest BCUT2D eigenvalue weighted by Gasteiger charge is 2.12. The van der Waals surface area contributed by atoms with Crippen molar-refractivity contribution in [3.05, 3.63) is 30.6 Å². The van der Waals surface area contributed by atoms with E-state index in [1.54, 1.807) is 6.33 Å². The molecule has 4 nitrogen and oxygen atoms in total. The van der Waals surface area contributed by atoms with Gasteiger partial charge < -0.3 is 9.88 Å². The van der Waals surface area contributed by atoms with Crippen LogP contribution in [0.4, 0.5) is 0 Å². The van der Waals surface area contributed by atoms with E-state index in [9.17, 15) is 4.79 Å². The molecule has 0 saturated carbocycles. The lowest BCUT2D eigenvalue weighted by atomic mass is 10.1. The second-order valence-corrected chi connectivity index (χ2v) is 4.96. The van der Waals surface area contributed by atoms with Gasteiger partial charge in [-0.3, -0.25) is 4.79 Å². The van der Waals surface area contributed by atoms with E-state index in [-0.39, 0.29) is 11.9 Å². The van der Waals surface area contributed by atoms with Gasteiger partial charge in [-0.15, -0.1) is 0 Å². The Hall–Kier alpha value is -1.84. The number of fused-ring (bicyclic) bond motifs is 1. The van der Waals surface area contributed by atoms with Crippen molar-refractivity contribution < 1.29 is 4.79 Å². The van der Waals surface area contributed by atoms with Gasteiger partial charge >= 0.3 is 0 Å². The van der Waals surface area contributed by atoms with Crippen LogP contribution in [0.3, 0.4) is 0 Å². The zero-order valence-electron chi connectivity index (χ0n) is 11.1. The molecule has 0 aliphatic heterocycles. The van der Waals surface area contributed by atoms with Crippen LogP contribution < -0.4 is 5.32 Å². The number of hydrogen-bond donors (Lipinski definition) is 1. The van der Waals surface area contributed by atoms with Crippen molar-refractivity contribution in [2.24, 2.45) is 5.92 Å². The van der Waals surface area contributed by atoms with Crippen molar-refractivity contribution in [3.8, 4) is 0 Å². The summed E-state index contributed by atoms with van der Waals surface area (Å²) in [5.74, 6) is 0.466. The van der Waals surface area contributed by atoms with Gasteiger partial charge in [-0.2, -0.15) is 0 Å². The monoisotopic (exact) mass is 245 g/mol. The summed E-state index contributed by atoms with van der Waals surface area (Å²) in [5, 5.41) is 2.99. The molecule has 0 aliphatic carbocycles. The van der Waals surface area contributed by atoms with Crippen LogP contribution in [0.25, 0.3) is 11.0 Å². The van der Waals surface area contributed by atoms with E-state index < -0.39 is 0 Å². The summed E-state index contributed by atoms with van der Waals surface area (Å²) in [4.78, 5) is 16.2. The molecule has 0 radical (unpaired) electrons. The first-order valence-corrected chi connectivity index (χ1v) is 6.27. The minimum absolute atomic E-state index is 0.0272. The number of carbonyl (C=O) groups is 1. The Kier molecular flexibility index (Phi) is 3.65. The van der Waals surface area contributed by atoms with Crippen LogP contribution in [-0.2, 0) is 11.3 Å². The van der Waals surface area contributed by atoms with Crippen LogP contribution in [0.15, 0.2) is 30.6 Å². The van der Waals surface area contributed by atoms with E-state index in [0.717, 1.165) is 11.0 Å². The topological polar surface area (TPSA) is 46.9 Å². The van der Waals surface area contributed by atoms with E-state index in [2.05, 4.69) is 24.1 Å². The van der Waals surface area contributed by atoms with E-state index in [4.69, 9.17) is 0 Å². The molecule has 0 spiro atoms. The van der Waals surface area contributed by atoms with Gasteiger partial charge in [0.05, 0.1) is 17.4 Å². The number of nitrogens with zero attached hydrogens (tertiary/aromatic N) is 2. The van der Waals surface area contributed by atoms with Gasteiger partial charge in [-0.05, 0) is 25.0 Å². The van der Waals surface area contributed by atoms with Crippen LogP contribution in [0, 0.1) is 5.92 Å².